The van der Waals surface area contributed by atoms with Crippen molar-refractivity contribution in [1.82, 2.24) is 10.3 Å². The molecule has 0 aliphatic carbocycles. The van der Waals surface area contributed by atoms with E-state index < -0.39 is 29.9 Å². The molecule has 0 aliphatic heterocycles. The first-order valence-electron chi connectivity index (χ1n) is 7.87. The van der Waals surface area contributed by atoms with Crippen LogP contribution in [0.25, 0.3) is 0 Å². The van der Waals surface area contributed by atoms with Crippen LogP contribution in [0.15, 0.2) is 48.7 Å². The van der Waals surface area contributed by atoms with Gasteiger partial charge in [0.05, 0.1) is 5.56 Å². The highest BCUT2D eigenvalue weighted by Gasteiger charge is 2.32. The van der Waals surface area contributed by atoms with Gasteiger partial charge in [-0.1, -0.05) is 37.3 Å². The number of esters is 1. The van der Waals surface area contributed by atoms with E-state index in [1.165, 1.54) is 0 Å². The van der Waals surface area contributed by atoms with E-state index >= 15 is 0 Å². The first kappa shape index (κ1) is 19.4. The van der Waals surface area contributed by atoms with Crippen LogP contribution in [0.5, 0.6) is 0 Å². The number of carbonyl (C=O) groups is 2. The zero-order chi connectivity index (χ0) is 19.2. The molecule has 0 saturated carbocycles. The zero-order valence-electron chi connectivity index (χ0n) is 13.9. The molecule has 1 atom stereocenters. The van der Waals surface area contributed by atoms with Gasteiger partial charge in [-0.25, -0.2) is 4.79 Å². The van der Waals surface area contributed by atoms with Gasteiger partial charge in [0, 0.05) is 12.7 Å². The second-order valence-corrected chi connectivity index (χ2v) is 5.44. The molecule has 0 aliphatic rings. The van der Waals surface area contributed by atoms with Crippen LogP contribution in [0.2, 0.25) is 0 Å². The van der Waals surface area contributed by atoms with Crippen molar-refractivity contribution in [3.8, 4) is 0 Å². The lowest BCUT2D eigenvalue weighted by atomic mass is 10.2. The van der Waals surface area contributed by atoms with E-state index in [9.17, 15) is 22.8 Å². The van der Waals surface area contributed by atoms with Gasteiger partial charge in [0.15, 0.2) is 6.10 Å². The average Bonchev–Trinajstić information content (AvgIpc) is 2.64. The zero-order valence-corrected chi connectivity index (χ0v) is 13.9. The van der Waals surface area contributed by atoms with Gasteiger partial charge in [-0.2, -0.15) is 13.2 Å². The monoisotopic (exact) mass is 366 g/mol. The molecular weight excluding hydrogens is 349 g/mol. The Labute approximate surface area is 148 Å². The van der Waals surface area contributed by atoms with Gasteiger partial charge in [-0.05, 0) is 24.1 Å². The minimum Gasteiger partial charge on any atom is -0.449 e. The molecule has 1 aromatic heterocycles. The van der Waals surface area contributed by atoms with Crippen molar-refractivity contribution < 1.29 is 27.5 Å². The summed E-state index contributed by atoms with van der Waals surface area (Å²) < 4.78 is 42.5. The maximum atomic E-state index is 12.5. The molecule has 5 nitrogen and oxygen atoms in total. The number of ether oxygens (including phenoxy) is 1. The molecule has 26 heavy (non-hydrogen) atoms. The Morgan fingerprint density at radius 3 is 2.38 bits per heavy atom. The largest absolute Gasteiger partial charge is 0.449 e. The van der Waals surface area contributed by atoms with E-state index in [1.54, 1.807) is 6.92 Å². The molecule has 1 aromatic carbocycles. The van der Waals surface area contributed by atoms with Crippen LogP contribution in [0, 0.1) is 0 Å². The molecular formula is C18H17F3N2O3. The Kier molecular flexibility index (Phi) is 6.32. The summed E-state index contributed by atoms with van der Waals surface area (Å²) in [4.78, 5) is 27.4. The molecule has 0 fully saturated rings. The van der Waals surface area contributed by atoms with Crippen LogP contribution in [-0.4, -0.2) is 23.0 Å². The number of rotatable bonds is 6. The summed E-state index contributed by atoms with van der Waals surface area (Å²) in [6.45, 7) is 1.93. The van der Waals surface area contributed by atoms with Crippen molar-refractivity contribution in [3.63, 3.8) is 0 Å². The molecule has 0 saturated heterocycles. The highest BCUT2D eigenvalue weighted by Crippen LogP contribution is 2.27. The van der Waals surface area contributed by atoms with Crippen molar-refractivity contribution in [2.75, 3.05) is 0 Å². The van der Waals surface area contributed by atoms with E-state index in [0.29, 0.717) is 6.07 Å². The van der Waals surface area contributed by atoms with E-state index in [-0.39, 0.29) is 18.5 Å². The van der Waals surface area contributed by atoms with Crippen molar-refractivity contribution >= 4 is 11.9 Å². The van der Waals surface area contributed by atoms with Gasteiger partial charge in [0.1, 0.15) is 5.69 Å². The number of nitrogens with one attached hydrogen (secondary N) is 1. The van der Waals surface area contributed by atoms with Gasteiger partial charge in [-0.15, -0.1) is 0 Å². The highest BCUT2D eigenvalue weighted by atomic mass is 19.4. The summed E-state index contributed by atoms with van der Waals surface area (Å²) >= 11 is 0. The molecule has 0 bridgehead atoms. The van der Waals surface area contributed by atoms with Crippen LogP contribution >= 0.6 is 0 Å². The number of nitrogens with zero attached hydrogens (tertiary/aromatic N) is 1. The number of alkyl halides is 3. The predicted molar refractivity (Wildman–Crippen MR) is 87.0 cm³/mol. The maximum Gasteiger partial charge on any atom is 0.433 e. The first-order valence-corrected chi connectivity index (χ1v) is 7.87. The second kappa shape index (κ2) is 8.46. The number of hydrogen-bond donors (Lipinski definition) is 1. The molecule has 1 heterocycles. The fraction of sp³-hybridized carbons (Fsp3) is 0.278. The van der Waals surface area contributed by atoms with E-state index in [1.807, 2.05) is 30.3 Å². The Bertz CT molecular complexity index is 747. The molecule has 8 heteroatoms. The summed E-state index contributed by atoms with van der Waals surface area (Å²) in [5.41, 5.74) is -0.386. The second-order valence-electron chi connectivity index (χ2n) is 5.44. The van der Waals surface area contributed by atoms with Crippen molar-refractivity contribution in [2.24, 2.45) is 0 Å². The summed E-state index contributed by atoms with van der Waals surface area (Å²) in [6.07, 6.45) is -4.64. The van der Waals surface area contributed by atoms with E-state index in [0.717, 1.165) is 17.8 Å². The third-order valence-electron chi connectivity index (χ3n) is 3.51. The number of amides is 1. The van der Waals surface area contributed by atoms with Gasteiger partial charge >= 0.3 is 12.1 Å². The number of pyridine rings is 1. The highest BCUT2D eigenvalue weighted by molar-refractivity contribution is 5.92. The summed E-state index contributed by atoms with van der Waals surface area (Å²) in [6, 6.07) is 10.8. The smallest absolute Gasteiger partial charge is 0.433 e. The Balaban J connectivity index is 1.95. The van der Waals surface area contributed by atoms with Crippen LogP contribution in [0.4, 0.5) is 13.2 Å². The Morgan fingerprint density at radius 1 is 1.15 bits per heavy atom. The lowest BCUT2D eigenvalue weighted by Gasteiger charge is -2.16. The summed E-state index contributed by atoms with van der Waals surface area (Å²) in [5.74, 6) is -1.39. The van der Waals surface area contributed by atoms with Crippen molar-refractivity contribution in [1.29, 1.82) is 0 Å². The number of halogens is 3. The summed E-state index contributed by atoms with van der Waals surface area (Å²) in [7, 11) is 0. The van der Waals surface area contributed by atoms with Gasteiger partial charge in [-0.3, -0.25) is 9.78 Å². The van der Waals surface area contributed by atoms with Crippen LogP contribution in [0.3, 0.4) is 0 Å². The third-order valence-corrected chi connectivity index (χ3v) is 3.51. The number of benzene rings is 1. The van der Waals surface area contributed by atoms with E-state index in [4.69, 9.17) is 4.74 Å². The number of carbonyl (C=O) groups excluding carboxylic acids is 2. The molecule has 0 unspecified atom stereocenters. The molecule has 0 spiro atoms. The SMILES string of the molecule is CC[C@@H](OC(=O)c1ccc(C(F)(F)F)nc1)C(=O)NCc1ccccc1. The van der Waals surface area contributed by atoms with Gasteiger partial charge in [0.2, 0.25) is 0 Å². The minimum atomic E-state index is -4.59. The first-order chi connectivity index (χ1) is 12.3. The predicted octanol–water partition coefficient (Wildman–Crippen LogP) is 3.35. The topological polar surface area (TPSA) is 68.3 Å². The average molecular weight is 366 g/mol. The number of aromatic nitrogens is 1. The molecule has 2 rings (SSSR count). The summed E-state index contributed by atoms with van der Waals surface area (Å²) in [5, 5.41) is 2.66. The lowest BCUT2D eigenvalue weighted by molar-refractivity contribution is -0.141. The van der Waals surface area contributed by atoms with Gasteiger partial charge < -0.3 is 10.1 Å². The van der Waals surface area contributed by atoms with Crippen LogP contribution in [0.1, 0.15) is 35.0 Å². The number of hydrogen-bond acceptors (Lipinski definition) is 4. The van der Waals surface area contributed by atoms with E-state index in [2.05, 4.69) is 10.3 Å². The van der Waals surface area contributed by atoms with Crippen LogP contribution < -0.4 is 5.32 Å². The molecule has 138 valence electrons. The van der Waals surface area contributed by atoms with Gasteiger partial charge in [0.25, 0.3) is 5.91 Å². The lowest BCUT2D eigenvalue weighted by Crippen LogP contribution is -2.37. The third kappa shape index (κ3) is 5.30. The Morgan fingerprint density at radius 2 is 1.85 bits per heavy atom. The van der Waals surface area contributed by atoms with Crippen molar-refractivity contribution in [2.45, 2.75) is 32.2 Å². The minimum absolute atomic E-state index is 0.160. The standard InChI is InChI=1S/C18H17F3N2O3/c1-2-14(16(24)23-10-12-6-4-3-5-7-12)26-17(25)13-8-9-15(22-11-13)18(19,20)21/h3-9,11,14H,2,10H2,1H3,(H,23,24)/t14-/m1/s1. The molecule has 0 radical (unpaired) electrons. The molecule has 2 aromatic rings. The molecule has 1 N–H and O–H groups in total. The van der Waals surface area contributed by atoms with Crippen LogP contribution in [-0.2, 0) is 22.3 Å². The fourth-order valence-corrected chi connectivity index (χ4v) is 2.10. The maximum absolute atomic E-state index is 12.5. The van der Waals surface area contributed by atoms with Crippen molar-refractivity contribution in [3.05, 3.63) is 65.5 Å². The quantitative estimate of drug-likeness (QED) is 0.796. The Hall–Kier alpha value is -2.90. The normalized spacial score (nSPS) is 12.3. The fourth-order valence-electron chi connectivity index (χ4n) is 2.10. The molecule has 1 amide bonds.